The zero-order valence-electron chi connectivity index (χ0n) is 17.5. The van der Waals surface area contributed by atoms with Crippen LogP contribution in [0.1, 0.15) is 39.9 Å². The summed E-state index contributed by atoms with van der Waals surface area (Å²) < 4.78 is 9.59. The van der Waals surface area contributed by atoms with Gasteiger partial charge in [0.25, 0.3) is 5.91 Å². The highest BCUT2D eigenvalue weighted by molar-refractivity contribution is 7.09. The van der Waals surface area contributed by atoms with Gasteiger partial charge in [-0.2, -0.15) is 0 Å². The Balaban J connectivity index is 1.45. The van der Waals surface area contributed by atoms with Gasteiger partial charge >= 0.3 is 0 Å². The SMILES string of the molecule is Cc1nc(Cn2cc(-c3nc(C(=O)NCC4CCCO4)c4ccccn34)nc2C)cs1. The highest BCUT2D eigenvalue weighted by Crippen LogP contribution is 2.23. The van der Waals surface area contributed by atoms with Gasteiger partial charge < -0.3 is 14.6 Å². The summed E-state index contributed by atoms with van der Waals surface area (Å²) >= 11 is 1.64. The fourth-order valence-corrected chi connectivity index (χ4v) is 4.52. The second-order valence-corrected chi connectivity index (χ2v) is 8.81. The molecule has 0 spiro atoms. The molecule has 31 heavy (non-hydrogen) atoms. The Hall–Kier alpha value is -3.04. The van der Waals surface area contributed by atoms with Crippen molar-refractivity contribution < 1.29 is 9.53 Å². The van der Waals surface area contributed by atoms with Gasteiger partial charge in [-0.15, -0.1) is 11.3 Å². The van der Waals surface area contributed by atoms with Crippen LogP contribution >= 0.6 is 11.3 Å². The number of carbonyl (C=O) groups excluding carboxylic acids is 1. The Morgan fingerprint density at radius 1 is 1.29 bits per heavy atom. The predicted molar refractivity (Wildman–Crippen MR) is 118 cm³/mol. The van der Waals surface area contributed by atoms with E-state index >= 15 is 0 Å². The van der Waals surface area contributed by atoms with Gasteiger partial charge in [-0.25, -0.2) is 15.0 Å². The normalized spacial score (nSPS) is 16.3. The zero-order valence-corrected chi connectivity index (χ0v) is 18.4. The average Bonchev–Trinajstić information content (AvgIpc) is 3.54. The van der Waals surface area contributed by atoms with E-state index in [0.29, 0.717) is 24.6 Å². The van der Waals surface area contributed by atoms with Crippen molar-refractivity contribution in [3.8, 4) is 11.5 Å². The molecule has 0 radical (unpaired) electrons. The van der Waals surface area contributed by atoms with Crippen molar-refractivity contribution in [2.75, 3.05) is 13.2 Å². The van der Waals surface area contributed by atoms with E-state index in [-0.39, 0.29) is 12.0 Å². The van der Waals surface area contributed by atoms with Gasteiger partial charge in [0, 0.05) is 30.9 Å². The van der Waals surface area contributed by atoms with Crippen molar-refractivity contribution >= 4 is 22.8 Å². The van der Waals surface area contributed by atoms with Crippen LogP contribution in [0.5, 0.6) is 0 Å². The van der Waals surface area contributed by atoms with Crippen LogP contribution in [0, 0.1) is 13.8 Å². The van der Waals surface area contributed by atoms with Crippen molar-refractivity contribution in [1.82, 2.24) is 29.2 Å². The van der Waals surface area contributed by atoms with E-state index in [1.807, 2.05) is 48.8 Å². The molecule has 1 aliphatic heterocycles. The summed E-state index contributed by atoms with van der Waals surface area (Å²) in [6.07, 6.45) is 5.99. The fourth-order valence-electron chi connectivity index (χ4n) is 3.91. The molecule has 1 aliphatic rings. The van der Waals surface area contributed by atoms with Crippen LogP contribution in [0.3, 0.4) is 0 Å². The predicted octanol–water partition coefficient (Wildman–Crippen LogP) is 3.23. The number of aryl methyl sites for hydroxylation is 2. The number of rotatable bonds is 6. The summed E-state index contributed by atoms with van der Waals surface area (Å²) in [5, 5.41) is 6.09. The maximum Gasteiger partial charge on any atom is 0.272 e. The molecule has 1 N–H and O–H groups in total. The Bertz CT molecular complexity index is 1230. The van der Waals surface area contributed by atoms with Crippen LogP contribution < -0.4 is 5.32 Å². The molecule has 8 nitrogen and oxygen atoms in total. The Kier molecular flexibility index (Phi) is 5.29. The molecule has 5 heterocycles. The number of fused-ring (bicyclic) bond motifs is 1. The standard InChI is InChI=1S/C22H24N6O2S/c1-14-24-18(12-27(14)11-16-13-31-15(2)25-16)21-26-20(19-7-3-4-8-28(19)21)22(29)23-10-17-6-5-9-30-17/h3-4,7-8,12-13,17H,5-6,9-11H2,1-2H3,(H,23,29). The Morgan fingerprint density at radius 3 is 2.97 bits per heavy atom. The minimum atomic E-state index is -0.195. The quantitative estimate of drug-likeness (QED) is 0.502. The molecule has 1 atom stereocenters. The number of hydrogen-bond acceptors (Lipinski definition) is 6. The molecule has 0 aliphatic carbocycles. The summed E-state index contributed by atoms with van der Waals surface area (Å²) in [6, 6.07) is 5.74. The first kappa shape index (κ1) is 19.9. The first-order chi connectivity index (χ1) is 15.1. The molecule has 4 aromatic heterocycles. The third-order valence-corrected chi connectivity index (χ3v) is 6.30. The number of aromatic nitrogens is 5. The molecule has 0 bridgehead atoms. The van der Waals surface area contributed by atoms with Crippen molar-refractivity contribution in [1.29, 1.82) is 0 Å². The highest BCUT2D eigenvalue weighted by Gasteiger charge is 2.22. The molecule has 0 saturated carbocycles. The lowest BCUT2D eigenvalue weighted by atomic mass is 10.2. The summed E-state index contributed by atoms with van der Waals surface area (Å²) in [5.74, 6) is 1.33. The van der Waals surface area contributed by atoms with Crippen molar-refractivity contribution in [2.24, 2.45) is 0 Å². The number of pyridine rings is 1. The Morgan fingerprint density at radius 2 is 2.19 bits per heavy atom. The van der Waals surface area contributed by atoms with Crippen molar-refractivity contribution in [3.63, 3.8) is 0 Å². The van der Waals surface area contributed by atoms with Crippen LogP contribution in [0.2, 0.25) is 0 Å². The molecule has 160 valence electrons. The van der Waals surface area contributed by atoms with Crippen LogP contribution in [0.15, 0.2) is 36.0 Å². The second-order valence-electron chi connectivity index (χ2n) is 7.74. The first-order valence-corrected chi connectivity index (χ1v) is 11.3. The molecule has 5 rings (SSSR count). The largest absolute Gasteiger partial charge is 0.376 e. The smallest absolute Gasteiger partial charge is 0.272 e. The van der Waals surface area contributed by atoms with Gasteiger partial charge in [-0.1, -0.05) is 6.07 Å². The summed E-state index contributed by atoms with van der Waals surface area (Å²) in [6.45, 7) is 5.89. The Labute approximate surface area is 183 Å². The molecule has 4 aromatic rings. The lowest BCUT2D eigenvalue weighted by Crippen LogP contribution is -2.32. The number of hydrogen-bond donors (Lipinski definition) is 1. The minimum absolute atomic E-state index is 0.0880. The summed E-state index contributed by atoms with van der Waals surface area (Å²) in [5.41, 5.74) is 2.89. The number of carbonyl (C=O) groups is 1. The minimum Gasteiger partial charge on any atom is -0.376 e. The van der Waals surface area contributed by atoms with Crippen LogP contribution in [-0.4, -0.2) is 49.1 Å². The first-order valence-electron chi connectivity index (χ1n) is 10.4. The molecule has 1 amide bonds. The van der Waals surface area contributed by atoms with E-state index < -0.39 is 0 Å². The maximum absolute atomic E-state index is 12.9. The van der Waals surface area contributed by atoms with Crippen LogP contribution in [0.4, 0.5) is 0 Å². The van der Waals surface area contributed by atoms with E-state index in [1.165, 1.54) is 0 Å². The van der Waals surface area contributed by atoms with E-state index in [4.69, 9.17) is 14.7 Å². The molecule has 9 heteroatoms. The third kappa shape index (κ3) is 3.98. The molecule has 1 saturated heterocycles. The van der Waals surface area contributed by atoms with Gasteiger partial charge in [0.1, 0.15) is 11.5 Å². The van der Waals surface area contributed by atoms with Crippen molar-refractivity contribution in [3.05, 3.63) is 58.2 Å². The molecule has 1 unspecified atom stereocenters. The van der Waals surface area contributed by atoms with E-state index in [1.54, 1.807) is 11.3 Å². The van der Waals surface area contributed by atoms with E-state index in [2.05, 4.69) is 20.2 Å². The van der Waals surface area contributed by atoms with Crippen molar-refractivity contribution in [2.45, 2.75) is 39.3 Å². The van der Waals surface area contributed by atoms with Gasteiger partial charge in [0.05, 0.1) is 28.9 Å². The number of amides is 1. The number of imidazole rings is 2. The number of ether oxygens (including phenoxy) is 1. The van der Waals surface area contributed by atoms with E-state index in [9.17, 15) is 4.79 Å². The average molecular weight is 437 g/mol. The summed E-state index contributed by atoms with van der Waals surface area (Å²) in [4.78, 5) is 26.9. The third-order valence-electron chi connectivity index (χ3n) is 5.48. The number of thiazole rings is 1. The lowest BCUT2D eigenvalue weighted by Gasteiger charge is -2.09. The van der Waals surface area contributed by atoms with Crippen LogP contribution in [-0.2, 0) is 11.3 Å². The fraction of sp³-hybridized carbons (Fsp3) is 0.364. The van der Waals surface area contributed by atoms with Gasteiger partial charge in [0.2, 0.25) is 0 Å². The molecular formula is C22H24N6O2S. The van der Waals surface area contributed by atoms with Crippen LogP contribution in [0.25, 0.3) is 17.0 Å². The highest BCUT2D eigenvalue weighted by atomic mass is 32.1. The second kappa shape index (κ2) is 8.24. The van der Waals surface area contributed by atoms with Gasteiger partial charge in [0.15, 0.2) is 11.5 Å². The molecular weight excluding hydrogens is 412 g/mol. The summed E-state index contributed by atoms with van der Waals surface area (Å²) in [7, 11) is 0. The van der Waals surface area contributed by atoms with Gasteiger partial charge in [-0.3, -0.25) is 9.20 Å². The molecule has 0 aromatic carbocycles. The number of nitrogens with zero attached hydrogens (tertiary/aromatic N) is 5. The maximum atomic E-state index is 12.9. The van der Waals surface area contributed by atoms with E-state index in [0.717, 1.165) is 47.2 Å². The lowest BCUT2D eigenvalue weighted by molar-refractivity contribution is 0.0855. The topological polar surface area (TPSA) is 86.3 Å². The molecule has 1 fully saturated rings. The zero-order chi connectivity index (χ0) is 21.4. The monoisotopic (exact) mass is 436 g/mol. The van der Waals surface area contributed by atoms with Gasteiger partial charge in [-0.05, 0) is 38.8 Å². The number of nitrogens with one attached hydrogen (secondary N) is 1.